The lowest BCUT2D eigenvalue weighted by atomic mass is 9.93. The van der Waals surface area contributed by atoms with Gasteiger partial charge in [0.2, 0.25) is 0 Å². The number of hydrogen-bond acceptors (Lipinski definition) is 2. The molecule has 2 heteroatoms. The minimum absolute atomic E-state index is 0.638. The van der Waals surface area contributed by atoms with E-state index in [9.17, 15) is 0 Å². The summed E-state index contributed by atoms with van der Waals surface area (Å²) in [5, 5.41) is 13.7. The van der Waals surface area contributed by atoms with Crippen molar-refractivity contribution in [1.82, 2.24) is 0 Å². The maximum atomic E-state index is 9.07. The van der Waals surface area contributed by atoms with E-state index in [0.29, 0.717) is 5.57 Å². The lowest BCUT2D eigenvalue weighted by Gasteiger charge is -2.10. The van der Waals surface area contributed by atoms with E-state index in [1.54, 1.807) is 6.92 Å². The molecule has 0 aliphatic heterocycles. The highest BCUT2D eigenvalue weighted by Crippen LogP contribution is 2.40. The zero-order valence-corrected chi connectivity index (χ0v) is 16.6. The van der Waals surface area contributed by atoms with E-state index in [1.165, 1.54) is 10.8 Å². The van der Waals surface area contributed by atoms with Crippen LogP contribution in [0.4, 0.5) is 0 Å². The fourth-order valence-corrected chi connectivity index (χ4v) is 4.09. The van der Waals surface area contributed by atoms with Crippen LogP contribution in [-0.2, 0) is 0 Å². The second-order valence-electron chi connectivity index (χ2n) is 7.49. The molecule has 0 bridgehead atoms. The van der Waals surface area contributed by atoms with Gasteiger partial charge in [-0.2, -0.15) is 5.26 Å². The molecule has 0 N–H and O–H groups in total. The van der Waals surface area contributed by atoms with Crippen LogP contribution in [0, 0.1) is 11.3 Å². The van der Waals surface area contributed by atoms with Gasteiger partial charge in [0.1, 0.15) is 11.2 Å². The third-order valence-corrected chi connectivity index (χ3v) is 5.50. The van der Waals surface area contributed by atoms with Gasteiger partial charge in [-0.25, -0.2) is 0 Å². The average molecular weight is 385 g/mol. The maximum absolute atomic E-state index is 9.07. The Bertz CT molecular complexity index is 1530. The predicted molar refractivity (Wildman–Crippen MR) is 125 cm³/mol. The Morgan fingerprint density at radius 3 is 2.40 bits per heavy atom. The summed E-state index contributed by atoms with van der Waals surface area (Å²) in [6, 6.07) is 29.2. The predicted octanol–water partition coefficient (Wildman–Crippen LogP) is 7.89. The summed E-state index contributed by atoms with van der Waals surface area (Å²) in [5.41, 5.74) is 6.45. The largest absolute Gasteiger partial charge is 0.456 e. The van der Waals surface area contributed by atoms with Gasteiger partial charge in [-0.15, -0.1) is 0 Å². The molecule has 5 rings (SSSR count). The molecule has 0 saturated carbocycles. The van der Waals surface area contributed by atoms with Crippen molar-refractivity contribution < 1.29 is 4.42 Å². The summed E-state index contributed by atoms with van der Waals surface area (Å²) in [5.74, 6) is 0. The van der Waals surface area contributed by atoms with Crippen LogP contribution in [0.2, 0.25) is 0 Å². The summed E-state index contributed by atoms with van der Waals surface area (Å²) >= 11 is 0. The van der Waals surface area contributed by atoms with Crippen LogP contribution in [0.5, 0.6) is 0 Å². The number of hydrogen-bond donors (Lipinski definition) is 0. The van der Waals surface area contributed by atoms with Crippen LogP contribution >= 0.6 is 0 Å². The van der Waals surface area contributed by atoms with Crippen molar-refractivity contribution in [3.8, 4) is 17.2 Å². The first-order valence-corrected chi connectivity index (χ1v) is 9.87. The molecule has 2 nitrogen and oxygen atoms in total. The van der Waals surface area contributed by atoms with Crippen LogP contribution in [-0.4, -0.2) is 0 Å². The molecule has 1 heterocycles. The van der Waals surface area contributed by atoms with Gasteiger partial charge in [-0.3, -0.25) is 0 Å². The third-order valence-electron chi connectivity index (χ3n) is 5.50. The van der Waals surface area contributed by atoms with Gasteiger partial charge >= 0.3 is 0 Å². The second kappa shape index (κ2) is 7.06. The number of nitriles is 1. The zero-order chi connectivity index (χ0) is 20.7. The highest BCUT2D eigenvalue weighted by Gasteiger charge is 2.14. The lowest BCUT2D eigenvalue weighted by molar-refractivity contribution is 0.669. The van der Waals surface area contributed by atoms with Crippen molar-refractivity contribution in [2.24, 2.45) is 0 Å². The molecular weight excluding hydrogens is 366 g/mol. The number of fused-ring (bicyclic) bond motifs is 5. The molecule has 0 unspecified atom stereocenters. The maximum Gasteiger partial charge on any atom is 0.136 e. The molecule has 0 fully saturated rings. The van der Waals surface area contributed by atoms with Crippen molar-refractivity contribution in [3.63, 3.8) is 0 Å². The summed E-state index contributed by atoms with van der Waals surface area (Å²) in [4.78, 5) is 0. The Balaban J connectivity index is 1.77. The van der Waals surface area contributed by atoms with Crippen LogP contribution in [0.25, 0.3) is 49.4 Å². The highest BCUT2D eigenvalue weighted by atomic mass is 16.3. The van der Waals surface area contributed by atoms with Gasteiger partial charge in [0, 0.05) is 16.3 Å². The summed E-state index contributed by atoms with van der Waals surface area (Å²) < 4.78 is 6.20. The Morgan fingerprint density at radius 2 is 1.60 bits per heavy atom. The molecule has 0 spiro atoms. The number of furan rings is 1. The van der Waals surface area contributed by atoms with Gasteiger partial charge in [0.15, 0.2) is 0 Å². The van der Waals surface area contributed by atoms with Crippen LogP contribution in [0.15, 0.2) is 102 Å². The Morgan fingerprint density at radius 1 is 0.867 bits per heavy atom. The second-order valence-corrected chi connectivity index (χ2v) is 7.49. The van der Waals surface area contributed by atoms with E-state index in [4.69, 9.17) is 9.68 Å². The Labute approximate surface area is 175 Å². The van der Waals surface area contributed by atoms with Crippen LogP contribution < -0.4 is 0 Å². The SMILES string of the molecule is C=C(/C=C(\C)C#N)c1cccc(-c2cc3oc4ccccc4c3c3ccccc23)c1. The van der Waals surface area contributed by atoms with E-state index in [0.717, 1.165) is 44.2 Å². The summed E-state index contributed by atoms with van der Waals surface area (Å²) in [6.07, 6.45) is 1.82. The first-order chi connectivity index (χ1) is 14.7. The van der Waals surface area contributed by atoms with E-state index >= 15 is 0 Å². The van der Waals surface area contributed by atoms with Crippen LogP contribution in [0.3, 0.4) is 0 Å². The monoisotopic (exact) mass is 385 g/mol. The summed E-state index contributed by atoms with van der Waals surface area (Å²) in [6.45, 7) is 5.93. The van der Waals surface area contributed by atoms with Gasteiger partial charge in [-0.05, 0) is 64.2 Å². The molecule has 0 aliphatic carbocycles. The molecular formula is C28H19NO. The minimum atomic E-state index is 0.638. The minimum Gasteiger partial charge on any atom is -0.456 e. The van der Waals surface area contributed by atoms with Crippen molar-refractivity contribution in [3.05, 3.63) is 103 Å². The first-order valence-electron chi connectivity index (χ1n) is 9.87. The summed E-state index contributed by atoms with van der Waals surface area (Å²) in [7, 11) is 0. The van der Waals surface area contributed by atoms with Crippen molar-refractivity contribution in [1.29, 1.82) is 5.26 Å². The molecule has 0 atom stereocenters. The number of benzene rings is 4. The van der Waals surface area contributed by atoms with Crippen molar-refractivity contribution in [2.75, 3.05) is 0 Å². The highest BCUT2D eigenvalue weighted by molar-refractivity contribution is 6.22. The van der Waals surface area contributed by atoms with E-state index in [-0.39, 0.29) is 0 Å². The van der Waals surface area contributed by atoms with Gasteiger partial charge in [0.05, 0.1) is 6.07 Å². The normalized spacial score (nSPS) is 11.8. The Hall–Kier alpha value is -4.09. The van der Waals surface area contributed by atoms with Gasteiger partial charge < -0.3 is 4.42 Å². The molecule has 30 heavy (non-hydrogen) atoms. The number of allylic oxidation sites excluding steroid dienone is 3. The quantitative estimate of drug-likeness (QED) is 0.234. The molecule has 1 aromatic heterocycles. The smallest absolute Gasteiger partial charge is 0.136 e. The molecule has 0 aliphatic rings. The number of para-hydroxylation sites is 1. The third kappa shape index (κ3) is 2.89. The standard InChI is InChI=1S/C28H19NO/c1-18(17-29)14-19(2)20-8-7-9-21(15-20)25-16-27-28(23-11-4-3-10-22(23)25)24-12-5-6-13-26(24)30-27/h3-16H,2H2,1H3/b18-14+. The lowest BCUT2D eigenvalue weighted by Crippen LogP contribution is -1.86. The van der Waals surface area contributed by atoms with E-state index in [2.05, 4.69) is 61.2 Å². The first kappa shape index (κ1) is 18.0. The zero-order valence-electron chi connectivity index (χ0n) is 16.6. The molecule has 0 amide bonds. The number of rotatable bonds is 3. The van der Waals surface area contributed by atoms with E-state index in [1.807, 2.05) is 36.4 Å². The molecule has 4 aromatic carbocycles. The molecule has 0 radical (unpaired) electrons. The van der Waals surface area contributed by atoms with Gasteiger partial charge in [0.25, 0.3) is 0 Å². The molecule has 142 valence electrons. The fourth-order valence-electron chi connectivity index (χ4n) is 4.09. The van der Waals surface area contributed by atoms with Crippen LogP contribution in [0.1, 0.15) is 12.5 Å². The van der Waals surface area contributed by atoms with E-state index < -0.39 is 0 Å². The molecule has 5 aromatic rings. The molecule has 0 saturated heterocycles. The number of nitrogens with zero attached hydrogens (tertiary/aromatic N) is 1. The Kier molecular flexibility index (Phi) is 4.23. The van der Waals surface area contributed by atoms with Gasteiger partial charge in [-0.1, -0.05) is 67.2 Å². The average Bonchev–Trinajstić information content (AvgIpc) is 3.17. The van der Waals surface area contributed by atoms with Crippen molar-refractivity contribution >= 4 is 38.3 Å². The van der Waals surface area contributed by atoms with Crippen molar-refractivity contribution in [2.45, 2.75) is 6.92 Å². The fraction of sp³-hybridized carbons (Fsp3) is 0.0357. The topological polar surface area (TPSA) is 36.9 Å².